The average molecular weight is 557 g/mol. The molecule has 0 bridgehead atoms. The van der Waals surface area contributed by atoms with Crippen LogP contribution in [0.1, 0.15) is 41.5 Å². The smallest absolute Gasteiger partial charge is 0.0942 e. The number of halogens is 2. The average Bonchev–Trinajstić information content (AvgIpc) is 3.01. The first-order valence-electron chi connectivity index (χ1n) is 11.2. The van der Waals surface area contributed by atoms with E-state index in [0.29, 0.717) is 16.6 Å². The normalized spacial score (nSPS) is 12.7. The maximum atomic E-state index is 3.66. The van der Waals surface area contributed by atoms with Gasteiger partial charge in [0, 0.05) is 25.4 Å². The van der Waals surface area contributed by atoms with Crippen molar-refractivity contribution in [2.24, 2.45) is 0 Å². The molecule has 0 atom stereocenters. The van der Waals surface area contributed by atoms with Crippen molar-refractivity contribution in [1.29, 1.82) is 0 Å². The number of benzene rings is 3. The van der Waals surface area contributed by atoms with Gasteiger partial charge >= 0.3 is 0 Å². The number of fused-ring (bicyclic) bond motifs is 3. The molecule has 4 heteroatoms. The van der Waals surface area contributed by atoms with Gasteiger partial charge in [-0.05, 0) is 65.2 Å². The quantitative estimate of drug-likeness (QED) is 0.216. The van der Waals surface area contributed by atoms with E-state index in [1.807, 2.05) is 0 Å². The van der Waals surface area contributed by atoms with Crippen LogP contribution >= 0.6 is 31.9 Å². The predicted octanol–water partition coefficient (Wildman–Crippen LogP) is 9.19. The first-order valence-corrected chi connectivity index (χ1v) is 15.0. The Morgan fingerprint density at radius 2 is 1.03 bits per heavy atom. The van der Waals surface area contributed by atoms with Crippen molar-refractivity contribution in [1.82, 2.24) is 4.57 Å². The van der Waals surface area contributed by atoms with Crippen molar-refractivity contribution >= 4 is 66.9 Å². The topological polar surface area (TPSA) is 4.93 Å². The number of aromatic nitrogens is 1. The fourth-order valence-electron chi connectivity index (χ4n) is 6.15. The lowest BCUT2D eigenvalue weighted by Crippen LogP contribution is -2.55. The van der Waals surface area contributed by atoms with Gasteiger partial charge < -0.3 is 4.57 Å². The minimum absolute atomic E-state index is 0.710. The van der Waals surface area contributed by atoms with Gasteiger partial charge in [0.25, 0.3) is 0 Å². The molecule has 1 aromatic heterocycles. The third-order valence-electron chi connectivity index (χ3n) is 7.18. The maximum Gasteiger partial charge on any atom is 0.0942 e. The molecule has 0 radical (unpaired) electrons. The summed E-state index contributed by atoms with van der Waals surface area (Å²) in [6.07, 6.45) is 0. The molecule has 4 aromatic rings. The molecule has 1 heterocycles. The molecule has 0 aliphatic carbocycles. The zero-order valence-electron chi connectivity index (χ0n) is 19.2. The van der Waals surface area contributed by atoms with Crippen LogP contribution in [0.25, 0.3) is 27.5 Å². The molecule has 0 unspecified atom stereocenters. The summed E-state index contributed by atoms with van der Waals surface area (Å²) in [5.41, 5.74) is 5.84. The molecule has 4 rings (SSSR count). The third kappa shape index (κ3) is 3.65. The molecule has 0 spiro atoms. The predicted molar refractivity (Wildman–Crippen MR) is 147 cm³/mol. The molecular formula is C27H31Br2NSi. The van der Waals surface area contributed by atoms with E-state index in [2.05, 4.69) is 139 Å². The van der Waals surface area contributed by atoms with E-state index in [0.717, 1.165) is 8.95 Å². The van der Waals surface area contributed by atoms with Gasteiger partial charge in [-0.15, -0.1) is 0 Å². The summed E-state index contributed by atoms with van der Waals surface area (Å²) in [5, 5.41) is 4.12. The minimum Gasteiger partial charge on any atom is -0.309 e. The van der Waals surface area contributed by atoms with Crippen molar-refractivity contribution < 1.29 is 0 Å². The summed E-state index contributed by atoms with van der Waals surface area (Å²) < 4.78 is 4.61. The van der Waals surface area contributed by atoms with E-state index in [-0.39, 0.29) is 0 Å². The van der Waals surface area contributed by atoms with Crippen LogP contribution in [-0.2, 0) is 0 Å². The fraction of sp³-hybridized carbons (Fsp3) is 0.333. The Balaban J connectivity index is 1.94. The highest BCUT2D eigenvalue weighted by Gasteiger charge is 2.44. The Morgan fingerprint density at radius 3 is 1.42 bits per heavy atom. The second-order valence-corrected chi connectivity index (χ2v) is 17.3. The zero-order chi connectivity index (χ0) is 22.5. The van der Waals surface area contributed by atoms with Crippen LogP contribution in [0, 0.1) is 0 Å². The molecule has 1 nitrogen and oxygen atoms in total. The third-order valence-corrected chi connectivity index (χ3v) is 15.2. The lowest BCUT2D eigenvalue weighted by atomic mass is 10.2. The van der Waals surface area contributed by atoms with Crippen molar-refractivity contribution in [3.05, 3.63) is 69.6 Å². The Morgan fingerprint density at radius 1 is 0.613 bits per heavy atom. The molecule has 162 valence electrons. The van der Waals surface area contributed by atoms with Crippen LogP contribution in [0.5, 0.6) is 0 Å². The summed E-state index contributed by atoms with van der Waals surface area (Å²) in [7, 11) is -1.66. The van der Waals surface area contributed by atoms with Gasteiger partial charge in [-0.1, -0.05) is 90.7 Å². The number of hydrogen-bond donors (Lipinski definition) is 0. The summed E-state index contributed by atoms with van der Waals surface area (Å²) in [6, 6.07) is 22.7. The van der Waals surface area contributed by atoms with Crippen LogP contribution < -0.4 is 5.19 Å². The lowest BCUT2D eigenvalue weighted by Gasteiger charge is -2.43. The Hall–Kier alpha value is -1.36. The van der Waals surface area contributed by atoms with Crippen molar-refractivity contribution in [2.45, 2.75) is 58.2 Å². The Bertz CT molecular complexity index is 1150. The molecule has 0 N–H and O–H groups in total. The van der Waals surface area contributed by atoms with Gasteiger partial charge in [0.05, 0.1) is 19.1 Å². The second kappa shape index (κ2) is 8.53. The van der Waals surface area contributed by atoms with E-state index >= 15 is 0 Å². The monoisotopic (exact) mass is 555 g/mol. The van der Waals surface area contributed by atoms with Crippen LogP contribution in [-0.4, -0.2) is 12.6 Å². The van der Waals surface area contributed by atoms with Crippen LogP contribution in [0.15, 0.2) is 69.6 Å². The molecule has 0 saturated heterocycles. The van der Waals surface area contributed by atoms with Gasteiger partial charge in [-0.25, -0.2) is 0 Å². The van der Waals surface area contributed by atoms with E-state index < -0.39 is 8.07 Å². The Labute approximate surface area is 204 Å². The lowest BCUT2D eigenvalue weighted by molar-refractivity contribution is 0.835. The van der Waals surface area contributed by atoms with E-state index in [1.54, 1.807) is 5.19 Å². The first-order chi connectivity index (χ1) is 14.7. The molecule has 31 heavy (non-hydrogen) atoms. The van der Waals surface area contributed by atoms with Gasteiger partial charge in [-0.3, -0.25) is 0 Å². The van der Waals surface area contributed by atoms with Gasteiger partial charge in [0.1, 0.15) is 0 Å². The summed E-state index contributed by atoms with van der Waals surface area (Å²) in [4.78, 5) is 0. The molecule has 0 aliphatic heterocycles. The molecule has 0 saturated carbocycles. The second-order valence-electron chi connectivity index (χ2n) is 9.60. The largest absolute Gasteiger partial charge is 0.309 e. The van der Waals surface area contributed by atoms with E-state index in [4.69, 9.17) is 0 Å². The highest BCUT2D eigenvalue weighted by atomic mass is 79.9. The van der Waals surface area contributed by atoms with E-state index in [9.17, 15) is 0 Å². The SMILES string of the molecule is CC(C)[Si](c1ccc(-n2c3ccc(Br)cc3c3cc(Br)ccc32)cc1)(C(C)C)C(C)C. The first kappa shape index (κ1) is 22.8. The van der Waals surface area contributed by atoms with Crippen LogP contribution in [0.2, 0.25) is 16.6 Å². The summed E-state index contributed by atoms with van der Waals surface area (Å²) >= 11 is 7.32. The van der Waals surface area contributed by atoms with Gasteiger partial charge in [0.2, 0.25) is 0 Å². The fourth-order valence-corrected chi connectivity index (χ4v) is 13.6. The molecule has 0 fully saturated rings. The molecular weight excluding hydrogens is 526 g/mol. The van der Waals surface area contributed by atoms with Crippen LogP contribution in [0.4, 0.5) is 0 Å². The minimum atomic E-state index is -1.66. The van der Waals surface area contributed by atoms with Crippen molar-refractivity contribution in [3.8, 4) is 5.69 Å². The Kier molecular flexibility index (Phi) is 6.28. The number of rotatable bonds is 5. The highest BCUT2D eigenvalue weighted by molar-refractivity contribution is 9.10. The molecule has 0 amide bonds. The number of nitrogens with zero attached hydrogens (tertiary/aromatic N) is 1. The summed E-state index contributed by atoms with van der Waals surface area (Å²) in [6.45, 7) is 14.6. The zero-order valence-corrected chi connectivity index (χ0v) is 23.4. The highest BCUT2D eigenvalue weighted by Crippen LogP contribution is 2.41. The molecule has 3 aromatic carbocycles. The van der Waals surface area contributed by atoms with Crippen LogP contribution in [0.3, 0.4) is 0 Å². The van der Waals surface area contributed by atoms with Crippen molar-refractivity contribution in [2.75, 3.05) is 0 Å². The standard InChI is InChI=1S/C27H31Br2NSi/c1-17(2)31(18(3)4,19(5)6)23-11-9-22(10-12-23)30-26-13-7-20(28)15-24(26)25-16-21(29)8-14-27(25)30/h7-19H,1-6H3. The number of hydrogen-bond acceptors (Lipinski definition) is 0. The molecule has 0 aliphatic rings. The van der Waals surface area contributed by atoms with Gasteiger partial charge in [0.15, 0.2) is 0 Å². The maximum absolute atomic E-state index is 3.66. The van der Waals surface area contributed by atoms with E-state index in [1.165, 1.54) is 27.5 Å². The van der Waals surface area contributed by atoms with Gasteiger partial charge in [-0.2, -0.15) is 0 Å². The summed E-state index contributed by atoms with van der Waals surface area (Å²) in [5.74, 6) is 0. The van der Waals surface area contributed by atoms with Crippen molar-refractivity contribution in [3.63, 3.8) is 0 Å².